The minimum atomic E-state index is -0.639. The van der Waals surface area contributed by atoms with Gasteiger partial charge in [0.2, 0.25) is 5.97 Å². The maximum Gasteiger partial charge on any atom is 1.00 e. The Bertz CT molecular complexity index is 1310. The van der Waals surface area contributed by atoms with Gasteiger partial charge in [-0.1, -0.05) is 6.07 Å². The third-order valence-corrected chi connectivity index (χ3v) is 5.29. The number of likely N-dealkylation sites (tertiary alicyclic amines) is 1. The van der Waals surface area contributed by atoms with Crippen molar-refractivity contribution in [2.75, 3.05) is 26.2 Å². The van der Waals surface area contributed by atoms with Gasteiger partial charge in [0.25, 0.3) is 11.1 Å². The standard InChI is InChI=1S/C11H14N2O2.C6H5NO2.C5H9NO.C4H6O4.C2H3BO2.ClH.Na/c14-10-3-6-13(7-4-10)8-9-2-1-5-12-11(9)15;8-4-5-2-1-3-7-6(5)9;7-5-1-3-6-4-2-5;1-3(5)7-8-4(2)6;1-2(4)5-3;;/h1-2,5H,3-4,6-8H2,(H,12,15);1-4H,(H,7,9);6H,1-4H2;1-2H3;1H3;1H;/q;;;;-1;;+1. The fourth-order valence-corrected chi connectivity index (χ4v) is 3.13. The molecular formula is C28H38BClN4NaO11. The average molecular weight is 676 g/mol. The molecule has 18 heteroatoms. The van der Waals surface area contributed by atoms with Crippen LogP contribution in [0.5, 0.6) is 0 Å². The molecule has 0 amide bonds. The molecule has 46 heavy (non-hydrogen) atoms. The van der Waals surface area contributed by atoms with Gasteiger partial charge < -0.3 is 28.0 Å². The van der Waals surface area contributed by atoms with Crippen LogP contribution in [-0.4, -0.2) is 84.9 Å². The van der Waals surface area contributed by atoms with Gasteiger partial charge in [0.1, 0.15) is 11.6 Å². The number of pyridine rings is 2. The molecule has 2 aromatic heterocycles. The van der Waals surface area contributed by atoms with E-state index in [1.807, 2.05) is 12.1 Å². The summed E-state index contributed by atoms with van der Waals surface area (Å²) in [6.07, 6.45) is 6.34. The van der Waals surface area contributed by atoms with E-state index in [9.17, 15) is 38.4 Å². The molecule has 3 N–H and O–H groups in total. The quantitative estimate of drug-likeness (QED) is 0.136. The van der Waals surface area contributed by atoms with Gasteiger partial charge in [-0.15, -0.1) is 12.4 Å². The first kappa shape index (κ1) is 47.0. The van der Waals surface area contributed by atoms with E-state index in [1.54, 1.807) is 12.3 Å². The van der Waals surface area contributed by atoms with Crippen LogP contribution >= 0.6 is 12.4 Å². The molecule has 2 saturated heterocycles. The summed E-state index contributed by atoms with van der Waals surface area (Å²) in [5, 5.41) is 3.09. The number of rotatable bonds is 3. The zero-order valence-corrected chi connectivity index (χ0v) is 29.1. The van der Waals surface area contributed by atoms with E-state index in [0.29, 0.717) is 37.2 Å². The summed E-state index contributed by atoms with van der Waals surface area (Å²) in [5.41, 5.74) is 0.561. The molecule has 0 spiro atoms. The second-order valence-corrected chi connectivity index (χ2v) is 8.96. The van der Waals surface area contributed by atoms with Gasteiger partial charge in [-0.25, -0.2) is 19.4 Å². The van der Waals surface area contributed by atoms with E-state index in [0.717, 1.165) is 58.4 Å². The summed E-state index contributed by atoms with van der Waals surface area (Å²) in [6.45, 7) is 7.48. The van der Waals surface area contributed by atoms with Crippen molar-refractivity contribution in [2.24, 2.45) is 0 Å². The van der Waals surface area contributed by atoms with Crippen molar-refractivity contribution in [1.29, 1.82) is 0 Å². The average Bonchev–Trinajstić information content (AvgIpc) is 3.00. The molecule has 15 nitrogen and oxygen atoms in total. The van der Waals surface area contributed by atoms with Gasteiger partial charge in [0.15, 0.2) is 6.29 Å². The molecule has 0 saturated carbocycles. The molecule has 0 bridgehead atoms. The van der Waals surface area contributed by atoms with Crippen LogP contribution in [0.3, 0.4) is 0 Å². The predicted molar refractivity (Wildman–Crippen MR) is 164 cm³/mol. The molecule has 2 aliphatic heterocycles. The first-order valence-electron chi connectivity index (χ1n) is 13.4. The van der Waals surface area contributed by atoms with Crippen LogP contribution in [-0.2, 0) is 44.9 Å². The van der Waals surface area contributed by atoms with Crippen LogP contribution in [0.1, 0.15) is 62.4 Å². The van der Waals surface area contributed by atoms with Gasteiger partial charge in [-0.2, -0.15) is 0 Å². The van der Waals surface area contributed by atoms with Crippen LogP contribution in [0, 0.1) is 0 Å². The number of halogens is 1. The third-order valence-electron chi connectivity index (χ3n) is 5.29. The molecule has 3 radical (unpaired) electrons. The van der Waals surface area contributed by atoms with E-state index in [4.69, 9.17) is 0 Å². The first-order valence-corrected chi connectivity index (χ1v) is 13.4. The Hall–Kier alpha value is -3.41. The summed E-state index contributed by atoms with van der Waals surface area (Å²) in [5.74, 6) is -1.02. The minimum Gasteiger partial charge on any atom is -0.793 e. The number of ketones is 2. The van der Waals surface area contributed by atoms with Gasteiger partial charge in [0, 0.05) is 97.1 Å². The number of nitrogens with zero attached hydrogens (tertiary/aromatic N) is 1. The molecule has 0 unspecified atom stereocenters. The maximum absolute atomic E-state index is 11.4. The topological polar surface area (TPSA) is 211 Å². The van der Waals surface area contributed by atoms with E-state index < -0.39 is 17.9 Å². The zero-order chi connectivity index (χ0) is 33.3. The normalized spacial score (nSPS) is 13.1. The second kappa shape index (κ2) is 29.0. The van der Waals surface area contributed by atoms with Crippen molar-refractivity contribution in [3.05, 3.63) is 68.5 Å². The number of aldehydes is 1. The number of aromatic nitrogens is 2. The first-order chi connectivity index (χ1) is 20.9. The number of nitrogens with one attached hydrogen (secondary N) is 3. The molecule has 0 atom stereocenters. The second-order valence-electron chi connectivity index (χ2n) is 8.96. The van der Waals surface area contributed by atoms with E-state index in [1.165, 1.54) is 19.2 Å². The molecule has 247 valence electrons. The third kappa shape index (κ3) is 25.9. The zero-order valence-electron chi connectivity index (χ0n) is 26.3. The van der Waals surface area contributed by atoms with Crippen molar-refractivity contribution in [1.82, 2.24) is 20.2 Å². The molecule has 0 aromatic carbocycles. The number of hydrogen-bond donors (Lipinski definition) is 3. The van der Waals surface area contributed by atoms with E-state index >= 15 is 0 Å². The molecule has 0 aliphatic carbocycles. The number of carbonyl (C=O) groups excluding carboxylic acids is 6. The van der Waals surface area contributed by atoms with Crippen molar-refractivity contribution in [3.8, 4) is 0 Å². The Balaban J connectivity index is -0.000000525. The van der Waals surface area contributed by atoms with Crippen molar-refractivity contribution in [2.45, 2.75) is 53.0 Å². The molecular weight excluding hydrogens is 638 g/mol. The van der Waals surface area contributed by atoms with Gasteiger partial charge in [0.05, 0.1) is 5.56 Å². The van der Waals surface area contributed by atoms with Crippen LogP contribution in [0.4, 0.5) is 0 Å². The molecule has 4 rings (SSSR count). The summed E-state index contributed by atoms with van der Waals surface area (Å²) in [4.78, 5) is 97.4. The van der Waals surface area contributed by atoms with Crippen molar-refractivity contribution < 1.29 is 72.8 Å². The minimum absolute atomic E-state index is 0. The predicted octanol–water partition coefficient (Wildman–Crippen LogP) is -2.25. The number of Topliss-reactive ketones (excluding diaryl/α,β-unsaturated/α-hetero) is 2. The van der Waals surface area contributed by atoms with Gasteiger partial charge >= 0.3 is 41.5 Å². The molecule has 4 heterocycles. The summed E-state index contributed by atoms with van der Waals surface area (Å²) in [7, 11) is 4.32. The summed E-state index contributed by atoms with van der Waals surface area (Å²) in [6, 6.07) is 6.72. The van der Waals surface area contributed by atoms with E-state index in [-0.39, 0.29) is 58.6 Å². The number of piperidine rings is 2. The van der Waals surface area contributed by atoms with Crippen LogP contribution in [0.2, 0.25) is 0 Å². The van der Waals surface area contributed by atoms with Crippen molar-refractivity contribution in [3.63, 3.8) is 0 Å². The van der Waals surface area contributed by atoms with Crippen LogP contribution < -0.4 is 46.0 Å². The molecule has 2 aliphatic rings. The number of carbonyl (C=O) groups is 6. The fourth-order valence-electron chi connectivity index (χ4n) is 3.13. The number of H-pyrrole nitrogens is 2. The van der Waals surface area contributed by atoms with E-state index in [2.05, 4.69) is 42.7 Å². The summed E-state index contributed by atoms with van der Waals surface area (Å²) >= 11 is 0. The Morgan fingerprint density at radius 3 is 1.61 bits per heavy atom. The SMILES string of the molecule is CC(=O)OOC(C)=O.Cl.O=C1CCN(Cc2ccc[nH]c2=O)CC1.O=C1CCNCC1.O=Cc1ccc[nH]c1=O.[B-]OC(C)=O.[Na+]. The van der Waals surface area contributed by atoms with Crippen LogP contribution in [0.15, 0.2) is 46.2 Å². The van der Waals surface area contributed by atoms with Gasteiger partial charge in [-0.05, 0) is 18.2 Å². The maximum atomic E-state index is 11.4. The Labute approximate surface area is 295 Å². The summed E-state index contributed by atoms with van der Waals surface area (Å²) < 4.78 is 3.61. The Morgan fingerprint density at radius 2 is 1.26 bits per heavy atom. The molecule has 2 fully saturated rings. The monoisotopic (exact) mass is 675 g/mol. The Morgan fingerprint density at radius 1 is 0.804 bits per heavy atom. The fraction of sp³-hybridized carbons (Fsp3) is 0.429. The smallest absolute Gasteiger partial charge is 0.793 e. The van der Waals surface area contributed by atoms with Crippen molar-refractivity contribution >= 4 is 56.2 Å². The Kier molecular flexibility index (Phi) is 29.7. The number of aromatic amines is 2. The largest absolute Gasteiger partial charge is 1.00 e. The van der Waals surface area contributed by atoms with Crippen LogP contribution in [0.25, 0.3) is 0 Å². The van der Waals surface area contributed by atoms with Gasteiger partial charge in [-0.3, -0.25) is 33.7 Å². The number of hydrogen-bond acceptors (Lipinski definition) is 13. The molecule has 2 aromatic rings.